The van der Waals surface area contributed by atoms with Gasteiger partial charge in [-0.3, -0.25) is 4.79 Å². The summed E-state index contributed by atoms with van der Waals surface area (Å²) in [5.74, 6) is -0.243. The van der Waals surface area contributed by atoms with Crippen LogP contribution in [0.1, 0.15) is 18.1 Å². The van der Waals surface area contributed by atoms with E-state index in [4.69, 9.17) is 4.84 Å². The number of hydrogen-bond acceptors (Lipinski definition) is 7. The second-order valence-corrected chi connectivity index (χ2v) is 7.69. The van der Waals surface area contributed by atoms with Crippen molar-refractivity contribution in [3.63, 3.8) is 0 Å². The first-order chi connectivity index (χ1) is 12.8. The number of nitrogens with zero attached hydrogens (tertiary/aromatic N) is 3. The third kappa shape index (κ3) is 3.92. The van der Waals surface area contributed by atoms with Crippen molar-refractivity contribution < 1.29 is 9.63 Å². The van der Waals surface area contributed by atoms with Crippen LogP contribution in [0.3, 0.4) is 0 Å². The van der Waals surface area contributed by atoms with E-state index in [0.717, 1.165) is 14.8 Å². The van der Waals surface area contributed by atoms with Crippen molar-refractivity contribution in [1.29, 1.82) is 0 Å². The van der Waals surface area contributed by atoms with Gasteiger partial charge in [0, 0.05) is 17.0 Å². The highest BCUT2D eigenvalue weighted by atomic mass is 32.2. The summed E-state index contributed by atoms with van der Waals surface area (Å²) in [4.78, 5) is 18.8. The lowest BCUT2D eigenvalue weighted by molar-refractivity contribution is -0.110. The summed E-state index contributed by atoms with van der Waals surface area (Å²) >= 11 is 3.02. The van der Waals surface area contributed by atoms with Crippen LogP contribution in [0, 0.1) is 0 Å². The SMILES string of the molecule is O=C(Nc1ccc(Sc2nncs2)cc1)C1=NOC(c2ccccc2)C1. The van der Waals surface area contributed by atoms with Crippen LogP contribution in [0.5, 0.6) is 0 Å². The smallest absolute Gasteiger partial charge is 0.273 e. The predicted octanol–water partition coefficient (Wildman–Crippen LogP) is 4.15. The summed E-state index contributed by atoms with van der Waals surface area (Å²) in [5, 5.41) is 14.6. The molecule has 3 aromatic rings. The van der Waals surface area contributed by atoms with Gasteiger partial charge in [0.1, 0.15) is 11.2 Å². The van der Waals surface area contributed by atoms with Gasteiger partial charge in [0.25, 0.3) is 5.91 Å². The number of carbonyl (C=O) groups excluding carboxylic acids is 1. The number of rotatable bonds is 5. The zero-order valence-corrected chi connectivity index (χ0v) is 15.2. The maximum Gasteiger partial charge on any atom is 0.273 e. The molecule has 0 spiro atoms. The van der Waals surface area contributed by atoms with E-state index in [9.17, 15) is 4.79 Å². The summed E-state index contributed by atoms with van der Waals surface area (Å²) in [6.07, 6.45) is 0.253. The number of amides is 1. The van der Waals surface area contributed by atoms with Gasteiger partial charge >= 0.3 is 0 Å². The molecule has 130 valence electrons. The fraction of sp³-hybridized carbons (Fsp3) is 0.111. The van der Waals surface area contributed by atoms with Gasteiger partial charge in [0.2, 0.25) is 0 Å². The molecule has 4 rings (SSSR count). The van der Waals surface area contributed by atoms with Gasteiger partial charge < -0.3 is 10.2 Å². The van der Waals surface area contributed by atoms with Crippen molar-refractivity contribution in [2.45, 2.75) is 21.8 Å². The van der Waals surface area contributed by atoms with Crippen LogP contribution in [0.25, 0.3) is 0 Å². The summed E-state index contributed by atoms with van der Waals surface area (Å²) < 4.78 is 0.881. The molecule has 1 aliphatic rings. The van der Waals surface area contributed by atoms with Gasteiger partial charge in [-0.1, -0.05) is 58.6 Å². The third-order valence-corrected chi connectivity index (χ3v) is 5.55. The lowest BCUT2D eigenvalue weighted by Gasteiger charge is -2.07. The summed E-state index contributed by atoms with van der Waals surface area (Å²) in [6, 6.07) is 17.3. The van der Waals surface area contributed by atoms with E-state index in [2.05, 4.69) is 20.7 Å². The first-order valence-electron chi connectivity index (χ1n) is 7.91. The topological polar surface area (TPSA) is 76.5 Å². The first-order valence-corrected chi connectivity index (χ1v) is 9.60. The highest BCUT2D eigenvalue weighted by Crippen LogP contribution is 2.30. The zero-order valence-electron chi connectivity index (χ0n) is 13.5. The minimum absolute atomic E-state index is 0.206. The standard InChI is InChI=1S/C18H14N4O2S2/c23-17(15-10-16(24-22-15)12-4-2-1-3-5-12)20-13-6-8-14(9-7-13)26-18-21-19-11-25-18/h1-9,11,16H,10H2,(H,20,23). The molecule has 8 heteroatoms. The van der Waals surface area contributed by atoms with E-state index in [1.165, 1.54) is 23.1 Å². The lowest BCUT2D eigenvalue weighted by atomic mass is 10.0. The number of aromatic nitrogens is 2. The Morgan fingerprint density at radius 3 is 2.69 bits per heavy atom. The molecule has 1 aromatic heterocycles. The molecule has 0 saturated carbocycles. The Kier molecular flexibility index (Phi) is 4.94. The molecule has 6 nitrogen and oxygen atoms in total. The molecule has 0 bridgehead atoms. The molecular weight excluding hydrogens is 368 g/mol. The van der Waals surface area contributed by atoms with E-state index in [-0.39, 0.29) is 12.0 Å². The maximum absolute atomic E-state index is 12.4. The van der Waals surface area contributed by atoms with E-state index >= 15 is 0 Å². The third-order valence-electron chi connectivity index (χ3n) is 3.76. The van der Waals surface area contributed by atoms with E-state index in [1.807, 2.05) is 54.6 Å². The minimum Gasteiger partial charge on any atom is -0.387 e. The van der Waals surface area contributed by atoms with Crippen LogP contribution in [-0.2, 0) is 9.63 Å². The molecule has 1 atom stereocenters. The molecule has 0 aliphatic carbocycles. The Bertz CT molecular complexity index is 912. The van der Waals surface area contributed by atoms with E-state index in [1.54, 1.807) is 5.51 Å². The predicted molar refractivity (Wildman–Crippen MR) is 101 cm³/mol. The summed E-state index contributed by atoms with van der Waals surface area (Å²) in [5.41, 5.74) is 3.81. The van der Waals surface area contributed by atoms with Crippen LogP contribution in [-0.4, -0.2) is 21.8 Å². The Balaban J connectivity index is 1.35. The molecular formula is C18H14N4O2S2. The molecule has 2 aromatic carbocycles. The number of carbonyl (C=O) groups is 1. The maximum atomic E-state index is 12.4. The van der Waals surface area contributed by atoms with Gasteiger partial charge in [0.15, 0.2) is 10.4 Å². The molecule has 1 aliphatic heterocycles. The zero-order chi connectivity index (χ0) is 17.8. The average Bonchev–Trinajstić information content (AvgIpc) is 3.36. The molecule has 1 amide bonds. The van der Waals surface area contributed by atoms with Crippen molar-refractivity contribution in [3.05, 3.63) is 65.7 Å². The second kappa shape index (κ2) is 7.67. The van der Waals surface area contributed by atoms with Crippen molar-refractivity contribution in [3.8, 4) is 0 Å². The normalized spacial score (nSPS) is 16.0. The second-order valence-electron chi connectivity index (χ2n) is 5.53. The summed E-state index contributed by atoms with van der Waals surface area (Å²) in [7, 11) is 0. The Morgan fingerprint density at radius 1 is 1.15 bits per heavy atom. The van der Waals surface area contributed by atoms with Crippen LogP contribution in [0.4, 0.5) is 5.69 Å². The fourth-order valence-electron chi connectivity index (χ4n) is 2.48. The lowest BCUT2D eigenvalue weighted by Crippen LogP contribution is -2.21. The Hall–Kier alpha value is -2.71. The van der Waals surface area contributed by atoms with Crippen LogP contribution in [0.2, 0.25) is 0 Å². The number of hydrogen-bond donors (Lipinski definition) is 1. The highest BCUT2D eigenvalue weighted by Gasteiger charge is 2.27. The van der Waals surface area contributed by atoms with E-state index in [0.29, 0.717) is 17.8 Å². The van der Waals surface area contributed by atoms with Gasteiger partial charge in [-0.15, -0.1) is 10.2 Å². The van der Waals surface area contributed by atoms with Crippen molar-refractivity contribution in [2.75, 3.05) is 5.32 Å². The van der Waals surface area contributed by atoms with Crippen LogP contribution >= 0.6 is 23.1 Å². The van der Waals surface area contributed by atoms with Crippen molar-refractivity contribution >= 4 is 40.4 Å². The summed E-state index contributed by atoms with van der Waals surface area (Å²) in [6.45, 7) is 0. The molecule has 2 heterocycles. The molecule has 0 radical (unpaired) electrons. The molecule has 26 heavy (non-hydrogen) atoms. The number of benzene rings is 2. The first kappa shape index (κ1) is 16.7. The minimum atomic E-state index is -0.243. The fourth-order valence-corrected chi connectivity index (χ4v) is 3.93. The monoisotopic (exact) mass is 382 g/mol. The quantitative estimate of drug-likeness (QED) is 0.717. The average molecular weight is 382 g/mol. The van der Waals surface area contributed by atoms with E-state index < -0.39 is 0 Å². The van der Waals surface area contributed by atoms with Gasteiger partial charge in [0.05, 0.1) is 0 Å². The molecule has 1 unspecified atom stereocenters. The van der Waals surface area contributed by atoms with Crippen molar-refractivity contribution in [1.82, 2.24) is 10.2 Å². The number of nitrogens with one attached hydrogen (secondary N) is 1. The van der Waals surface area contributed by atoms with Gasteiger partial charge in [-0.05, 0) is 29.8 Å². The van der Waals surface area contributed by atoms with Gasteiger partial charge in [-0.25, -0.2) is 0 Å². The molecule has 0 saturated heterocycles. The Morgan fingerprint density at radius 2 is 1.96 bits per heavy atom. The van der Waals surface area contributed by atoms with Crippen LogP contribution < -0.4 is 5.32 Å². The van der Waals surface area contributed by atoms with Gasteiger partial charge in [-0.2, -0.15) is 0 Å². The number of oxime groups is 1. The molecule has 0 fully saturated rings. The highest BCUT2D eigenvalue weighted by molar-refractivity contribution is 8.01. The molecule has 1 N–H and O–H groups in total. The Labute approximate surface area is 158 Å². The number of anilines is 1. The van der Waals surface area contributed by atoms with Crippen LogP contribution in [0.15, 0.2) is 74.5 Å². The van der Waals surface area contributed by atoms with Crippen molar-refractivity contribution in [2.24, 2.45) is 5.16 Å². The largest absolute Gasteiger partial charge is 0.387 e.